The van der Waals surface area contributed by atoms with Crippen LogP contribution in [0.1, 0.15) is 19.8 Å². The summed E-state index contributed by atoms with van der Waals surface area (Å²) < 4.78 is 9.93. The van der Waals surface area contributed by atoms with Crippen LogP contribution >= 0.6 is 0 Å². The van der Waals surface area contributed by atoms with E-state index in [0.29, 0.717) is 25.8 Å². The minimum absolute atomic E-state index is 0.0000926. The van der Waals surface area contributed by atoms with E-state index in [1.165, 1.54) is 0 Å². The van der Waals surface area contributed by atoms with E-state index in [4.69, 9.17) is 14.7 Å². The molecule has 0 bridgehead atoms. The minimum Gasteiger partial charge on any atom is -0.497 e. The lowest BCUT2D eigenvalue weighted by Crippen LogP contribution is -2.29. The highest BCUT2D eigenvalue weighted by Crippen LogP contribution is 2.49. The second-order valence-electron chi connectivity index (χ2n) is 4.54. The summed E-state index contributed by atoms with van der Waals surface area (Å²) in [4.78, 5) is 23.5. The molecule has 90 valence electrons. The second kappa shape index (κ2) is 4.78. The van der Waals surface area contributed by atoms with E-state index in [1.54, 1.807) is 13.2 Å². The van der Waals surface area contributed by atoms with Gasteiger partial charge in [-0.1, -0.05) is 0 Å². The monoisotopic (exact) mass is 235 g/mol. The maximum atomic E-state index is 11.9. The highest BCUT2D eigenvalue weighted by molar-refractivity contribution is 6.60. The Hall–Kier alpha value is -1.51. The molecule has 6 heteroatoms. The zero-order valence-corrected chi connectivity index (χ0v) is 9.72. The first-order valence-corrected chi connectivity index (χ1v) is 5.93. The van der Waals surface area contributed by atoms with Crippen LogP contribution in [-0.4, -0.2) is 25.3 Å². The van der Waals surface area contributed by atoms with Gasteiger partial charge in [0.2, 0.25) is 0 Å². The van der Waals surface area contributed by atoms with Crippen LogP contribution in [0.5, 0.6) is 0 Å². The van der Waals surface area contributed by atoms with Crippen LogP contribution in [0.4, 0.5) is 0 Å². The molecule has 1 unspecified atom stereocenters. The standard InChI is InChI=1S/C11H14BNO4/c1-2-16-11(15)10-7-3-4-9(14)8(7)5-12(10)17-6-13/h7-8,10H,2-5H2,1H3/t7-,8-,10?/m0/s1. The molecule has 0 spiro atoms. The third-order valence-corrected chi connectivity index (χ3v) is 3.77. The predicted molar refractivity (Wildman–Crippen MR) is 58.9 cm³/mol. The number of rotatable bonds is 3. The van der Waals surface area contributed by atoms with Gasteiger partial charge in [0.25, 0.3) is 6.26 Å². The molecule has 1 aliphatic carbocycles. The number of esters is 1. The largest absolute Gasteiger partial charge is 0.497 e. The molecule has 0 radical (unpaired) electrons. The van der Waals surface area contributed by atoms with E-state index in [9.17, 15) is 9.59 Å². The molecule has 5 nitrogen and oxygen atoms in total. The Bertz CT molecular complexity index is 378. The molecule has 17 heavy (non-hydrogen) atoms. The van der Waals surface area contributed by atoms with Crippen LogP contribution in [0, 0.1) is 23.4 Å². The topological polar surface area (TPSA) is 76.4 Å². The van der Waals surface area contributed by atoms with Gasteiger partial charge in [-0.25, -0.2) is 0 Å². The molecule has 0 N–H and O–H groups in total. The summed E-state index contributed by atoms with van der Waals surface area (Å²) in [5.41, 5.74) is 0. The number of carbonyl (C=O) groups is 2. The maximum Gasteiger partial charge on any atom is 0.388 e. The van der Waals surface area contributed by atoms with Crippen molar-refractivity contribution in [2.24, 2.45) is 11.8 Å². The van der Waals surface area contributed by atoms with E-state index in [2.05, 4.69) is 0 Å². The average Bonchev–Trinajstić information content (AvgIpc) is 2.80. The van der Waals surface area contributed by atoms with E-state index in [-0.39, 0.29) is 23.6 Å². The molecule has 0 aromatic heterocycles. The van der Waals surface area contributed by atoms with E-state index in [0.717, 1.165) is 0 Å². The zero-order chi connectivity index (χ0) is 12.4. The number of Topliss-reactive ketones (excluding diaryl/α,β-unsaturated/α-hetero) is 1. The number of hydrogen-bond donors (Lipinski definition) is 0. The van der Waals surface area contributed by atoms with Gasteiger partial charge in [0, 0.05) is 12.3 Å². The van der Waals surface area contributed by atoms with Gasteiger partial charge in [-0.3, -0.25) is 9.59 Å². The summed E-state index contributed by atoms with van der Waals surface area (Å²) in [6.07, 6.45) is 3.33. The maximum absolute atomic E-state index is 11.9. The highest BCUT2D eigenvalue weighted by Gasteiger charge is 2.57. The Morgan fingerprint density at radius 3 is 3.06 bits per heavy atom. The van der Waals surface area contributed by atoms with Crippen LogP contribution in [0.3, 0.4) is 0 Å². The van der Waals surface area contributed by atoms with Gasteiger partial charge in [-0.15, -0.1) is 0 Å². The first-order valence-electron chi connectivity index (χ1n) is 5.93. The number of nitrogens with zero attached hydrogens (tertiary/aromatic N) is 1. The lowest BCUT2D eigenvalue weighted by Gasteiger charge is -2.17. The Balaban J connectivity index is 2.16. The average molecular weight is 235 g/mol. The fourth-order valence-electron chi connectivity index (χ4n) is 3.10. The first kappa shape index (κ1) is 12.0. The van der Waals surface area contributed by atoms with Crippen molar-refractivity contribution in [3.8, 4) is 6.26 Å². The summed E-state index contributed by atoms with van der Waals surface area (Å²) in [6, 6.07) is 0. The number of hydrogen-bond acceptors (Lipinski definition) is 5. The molecule has 2 rings (SSSR count). The molecule has 1 saturated carbocycles. The molecule has 1 aliphatic heterocycles. The Morgan fingerprint density at radius 1 is 1.65 bits per heavy atom. The molecular formula is C11H14BNO4. The molecule has 3 atom stereocenters. The van der Waals surface area contributed by atoms with Gasteiger partial charge >= 0.3 is 12.9 Å². The summed E-state index contributed by atoms with van der Waals surface area (Å²) in [5, 5.41) is 8.58. The molecule has 0 aromatic rings. The van der Waals surface area contributed by atoms with Crippen molar-refractivity contribution in [3.63, 3.8) is 0 Å². The van der Waals surface area contributed by atoms with Gasteiger partial charge in [-0.05, 0) is 25.6 Å². The SMILES string of the molecule is CCOC(=O)C1B(OC#N)C[C@@H]2C(=O)CC[C@H]12. The number of ketones is 1. The number of fused-ring (bicyclic) bond motifs is 1. The fraction of sp³-hybridized carbons (Fsp3) is 0.727. The van der Waals surface area contributed by atoms with Gasteiger partial charge in [0.15, 0.2) is 0 Å². The molecule has 0 aromatic carbocycles. The van der Waals surface area contributed by atoms with E-state index < -0.39 is 12.7 Å². The summed E-state index contributed by atoms with van der Waals surface area (Å²) >= 11 is 0. The molecule has 2 aliphatic rings. The molecule has 1 saturated heterocycles. The van der Waals surface area contributed by atoms with Crippen molar-refractivity contribution in [1.82, 2.24) is 0 Å². The lowest BCUT2D eigenvalue weighted by atomic mass is 9.56. The smallest absolute Gasteiger partial charge is 0.388 e. The third kappa shape index (κ3) is 2.02. The van der Waals surface area contributed by atoms with Crippen molar-refractivity contribution in [2.75, 3.05) is 6.61 Å². The van der Waals surface area contributed by atoms with Gasteiger partial charge < -0.3 is 9.39 Å². The second-order valence-corrected chi connectivity index (χ2v) is 4.54. The van der Waals surface area contributed by atoms with Crippen molar-refractivity contribution in [2.45, 2.75) is 31.9 Å². The molecule has 2 fully saturated rings. The van der Waals surface area contributed by atoms with Crippen LogP contribution < -0.4 is 0 Å². The van der Waals surface area contributed by atoms with E-state index >= 15 is 0 Å². The van der Waals surface area contributed by atoms with Gasteiger partial charge in [0.05, 0.1) is 12.4 Å². The minimum atomic E-state index is -0.488. The van der Waals surface area contributed by atoms with Gasteiger partial charge in [-0.2, -0.15) is 5.26 Å². The normalized spacial score (nSPS) is 30.9. The molecule has 1 heterocycles. The number of ether oxygens (including phenoxy) is 1. The quantitative estimate of drug-likeness (QED) is 0.414. The first-order chi connectivity index (χ1) is 8.19. The lowest BCUT2D eigenvalue weighted by molar-refractivity contribution is -0.144. The highest BCUT2D eigenvalue weighted by atomic mass is 16.5. The van der Waals surface area contributed by atoms with Crippen LogP contribution in [0.2, 0.25) is 12.1 Å². The van der Waals surface area contributed by atoms with Crippen LogP contribution in [-0.2, 0) is 19.0 Å². The molecule has 0 amide bonds. The van der Waals surface area contributed by atoms with Crippen molar-refractivity contribution in [1.29, 1.82) is 5.26 Å². The number of nitriles is 1. The number of carbonyl (C=O) groups excluding carboxylic acids is 2. The summed E-state index contributed by atoms with van der Waals surface area (Å²) in [7, 11) is 0. The Kier molecular flexibility index (Phi) is 3.37. The van der Waals surface area contributed by atoms with Crippen molar-refractivity contribution in [3.05, 3.63) is 0 Å². The van der Waals surface area contributed by atoms with Crippen molar-refractivity contribution >= 4 is 18.7 Å². The van der Waals surface area contributed by atoms with E-state index in [1.807, 2.05) is 0 Å². The fourth-order valence-corrected chi connectivity index (χ4v) is 3.10. The van der Waals surface area contributed by atoms with Crippen LogP contribution in [0.15, 0.2) is 0 Å². The summed E-state index contributed by atoms with van der Waals surface area (Å²) in [5.74, 6) is -0.725. The third-order valence-electron chi connectivity index (χ3n) is 3.77. The zero-order valence-electron chi connectivity index (χ0n) is 9.72. The molecular weight excluding hydrogens is 221 g/mol. The Labute approximate surface area is 100 Å². The van der Waals surface area contributed by atoms with Gasteiger partial charge in [0.1, 0.15) is 5.78 Å². The Morgan fingerprint density at radius 2 is 2.41 bits per heavy atom. The predicted octanol–water partition coefficient (Wildman–Crippen LogP) is 1.02. The van der Waals surface area contributed by atoms with Crippen LogP contribution in [0.25, 0.3) is 0 Å². The van der Waals surface area contributed by atoms with Crippen molar-refractivity contribution < 1.29 is 19.0 Å². The summed E-state index contributed by atoms with van der Waals surface area (Å²) in [6.45, 7) is 1.56.